The van der Waals surface area contributed by atoms with Crippen molar-refractivity contribution in [1.82, 2.24) is 35.4 Å². The highest BCUT2D eigenvalue weighted by Crippen LogP contribution is 2.53. The fourth-order valence-electron chi connectivity index (χ4n) is 12.7. The zero-order chi connectivity index (χ0) is 82.0. The average molecular weight is 1680 g/mol. The topological polar surface area (TPSA) is 565 Å². The lowest BCUT2D eigenvalue weighted by Gasteiger charge is -2.24. The van der Waals surface area contributed by atoms with Crippen LogP contribution in [0.1, 0.15) is 118 Å². The van der Waals surface area contributed by atoms with E-state index in [0.29, 0.717) is 57.7 Å². The van der Waals surface area contributed by atoms with Crippen molar-refractivity contribution in [1.29, 1.82) is 0 Å². The molecule has 598 valence electrons. The molecule has 5 saturated heterocycles. The fourth-order valence-corrected chi connectivity index (χ4v) is 15.7. The van der Waals surface area contributed by atoms with Crippen LogP contribution in [-0.4, -0.2) is 221 Å². The first-order valence-electron chi connectivity index (χ1n) is 32.1. The molecule has 49 heteroatoms. The Morgan fingerprint density at radius 2 is 0.573 bits per heavy atom. The smallest absolute Gasteiger partial charge is 0.272 e. The third-order valence-electron chi connectivity index (χ3n) is 16.9. The van der Waals surface area contributed by atoms with Crippen LogP contribution in [-0.2, 0) is 149 Å². The molecule has 11 aliphatic rings. The lowest BCUT2D eigenvalue weighted by atomic mass is 9.81. The minimum absolute atomic E-state index is 0.00829. The number of fused-ring (bicyclic) bond motifs is 8. The van der Waals surface area contributed by atoms with Crippen LogP contribution in [0.25, 0.3) is 10.8 Å². The molecule has 14 amide bonds. The number of carbonyl (C=O) groups is 14. The molecule has 7 aliphatic heterocycles. The molecule has 2 saturated carbocycles. The highest BCUT2D eigenvalue weighted by atomic mass is 32.2. The Balaban J connectivity index is 0.000000162. The van der Waals surface area contributed by atoms with Gasteiger partial charge in [0.05, 0.1) is 102 Å². The van der Waals surface area contributed by atoms with Crippen LogP contribution in [0, 0.1) is 47.3 Å². The van der Waals surface area contributed by atoms with Gasteiger partial charge in [0.15, 0.2) is 0 Å². The Bertz CT molecular complexity index is 5090. The van der Waals surface area contributed by atoms with E-state index in [2.05, 4.69) is 30.0 Å². The third-order valence-corrected chi connectivity index (χ3v) is 19.8. The van der Waals surface area contributed by atoms with Gasteiger partial charge in [0.1, 0.15) is 0 Å². The summed E-state index contributed by atoms with van der Waals surface area (Å²) in [5.74, 6) is -11.3. The monoisotopic (exact) mass is 1680 g/mol. The number of benzene rings is 3. The molecule has 8 atom stereocenters. The van der Waals surface area contributed by atoms with Gasteiger partial charge in [0.25, 0.3) is 154 Å². The van der Waals surface area contributed by atoms with Gasteiger partial charge >= 0.3 is 0 Å². The zero-order valence-corrected chi connectivity index (χ0v) is 64.2. The molecule has 0 aromatic heterocycles. The Morgan fingerprint density at radius 3 is 0.900 bits per heavy atom. The number of imide groups is 7. The highest BCUT2D eigenvalue weighted by molar-refractivity contribution is 7.87. The summed E-state index contributed by atoms with van der Waals surface area (Å²) in [6.07, 6.45) is 18.5. The van der Waals surface area contributed by atoms with E-state index < -0.39 is 177 Å². The first kappa shape index (κ1) is 86.3. The van der Waals surface area contributed by atoms with Crippen LogP contribution >= 0.6 is 0 Å². The minimum Gasteiger partial charge on any atom is -0.272 e. The Morgan fingerprint density at radius 1 is 0.300 bits per heavy atom. The highest BCUT2D eigenvalue weighted by Gasteiger charge is 2.61. The summed E-state index contributed by atoms with van der Waals surface area (Å²) in [7, 11) is -27.0. The summed E-state index contributed by atoms with van der Waals surface area (Å²) >= 11 is 0. The molecule has 0 N–H and O–H groups in total. The van der Waals surface area contributed by atoms with Gasteiger partial charge in [-0.1, -0.05) is 73.5 Å². The van der Waals surface area contributed by atoms with Crippen LogP contribution in [0.5, 0.6) is 0 Å². The predicted octanol–water partition coefficient (Wildman–Crippen LogP) is -0.490. The van der Waals surface area contributed by atoms with Crippen molar-refractivity contribution < 1.29 is 156 Å². The van der Waals surface area contributed by atoms with Crippen molar-refractivity contribution in [2.24, 2.45) is 47.3 Å². The molecule has 42 nitrogen and oxygen atoms in total. The maximum absolute atomic E-state index is 12.2. The van der Waals surface area contributed by atoms with E-state index in [1.165, 1.54) is 24.3 Å². The van der Waals surface area contributed by atoms with E-state index in [0.717, 1.165) is 68.4 Å². The lowest BCUT2D eigenvalue weighted by Crippen LogP contribution is -2.41. The molecule has 4 aliphatic carbocycles. The Hall–Kier alpha value is -9.25. The second kappa shape index (κ2) is 33.4. The fraction of sp³-hybridized carbons (Fsp3) is 0.443. The normalized spacial score (nSPS) is 24.2. The van der Waals surface area contributed by atoms with E-state index in [1.54, 1.807) is 36.4 Å². The maximum Gasteiger partial charge on any atom is 0.287 e. The van der Waals surface area contributed by atoms with Crippen molar-refractivity contribution in [3.8, 4) is 0 Å². The first-order valence-corrected chi connectivity index (χ1v) is 44.8. The number of carbonyl (C=O) groups excluding carboxylic acids is 14. The van der Waals surface area contributed by atoms with Gasteiger partial charge in [-0.2, -0.15) is 58.9 Å². The molecule has 0 radical (unpaired) electrons. The van der Waals surface area contributed by atoms with Gasteiger partial charge < -0.3 is 0 Å². The van der Waals surface area contributed by atoms with Crippen LogP contribution in [0.15, 0.2) is 85.0 Å². The van der Waals surface area contributed by atoms with Gasteiger partial charge in [0.2, 0.25) is 0 Å². The zero-order valence-electron chi connectivity index (χ0n) is 58.5. The van der Waals surface area contributed by atoms with E-state index in [1.807, 2.05) is 24.3 Å². The molecular formula is C61H67N7O35S7. The SMILES string of the molecule is CS(=O)(=O)ON1C(=O)C2C3C=CC(C3)C2C1=O.CS(=O)(=O)ON1C(=O)C2CC=CCC2C1=O.CS(=O)(=O)ON1C(=O)C2CCCCC2C1=O.CS(=O)(=O)ON1C(=O)CCC1=O.CS(=O)(=O)ON1C(=O)CCCC1=O.CS(=O)(=O)ON1C(=O)c2cccc3cccc(c23)C1=O.CS(=O)(=O)ON1C(=O)c2ccccc2C1=O. The van der Waals surface area contributed by atoms with Crippen molar-refractivity contribution in [2.45, 2.75) is 77.0 Å². The molecule has 2 bridgehead atoms. The molecule has 0 spiro atoms. The van der Waals surface area contributed by atoms with Crippen LogP contribution in [0.2, 0.25) is 0 Å². The van der Waals surface area contributed by atoms with Crippen LogP contribution in [0.3, 0.4) is 0 Å². The third kappa shape index (κ3) is 21.2. The largest absolute Gasteiger partial charge is 0.287 e. The number of nitrogens with zero attached hydrogens (tertiary/aromatic N) is 7. The van der Waals surface area contributed by atoms with E-state index in [-0.39, 0.29) is 86.8 Å². The number of allylic oxidation sites excluding steroid dienone is 4. The summed E-state index contributed by atoms with van der Waals surface area (Å²) in [4.78, 5) is 162. The van der Waals surface area contributed by atoms with Gasteiger partial charge in [-0.3, -0.25) is 67.1 Å². The number of amides is 14. The van der Waals surface area contributed by atoms with Crippen molar-refractivity contribution in [3.05, 3.63) is 107 Å². The molecule has 7 heterocycles. The molecular weight excluding hydrogens is 1620 g/mol. The number of hydroxylamine groups is 14. The minimum atomic E-state index is -3.98. The van der Waals surface area contributed by atoms with E-state index >= 15 is 0 Å². The van der Waals surface area contributed by atoms with Crippen molar-refractivity contribution in [2.75, 3.05) is 43.8 Å². The number of hydrogen-bond donors (Lipinski definition) is 0. The molecule has 3 aromatic carbocycles. The van der Waals surface area contributed by atoms with Gasteiger partial charge in [-0.05, 0) is 80.0 Å². The van der Waals surface area contributed by atoms with Crippen molar-refractivity contribution in [3.63, 3.8) is 0 Å². The summed E-state index contributed by atoms with van der Waals surface area (Å²) in [5, 5.41) is 3.63. The number of piperidine rings is 1. The summed E-state index contributed by atoms with van der Waals surface area (Å²) < 4.78 is 182. The molecule has 8 unspecified atom stereocenters. The van der Waals surface area contributed by atoms with Gasteiger partial charge in [0, 0.05) is 31.1 Å². The summed E-state index contributed by atoms with van der Waals surface area (Å²) in [6.45, 7) is 0. The summed E-state index contributed by atoms with van der Waals surface area (Å²) in [5.41, 5.74) is 0.745. The molecule has 14 rings (SSSR count). The second-order valence-corrected chi connectivity index (χ2v) is 36.5. The van der Waals surface area contributed by atoms with E-state index in [4.69, 9.17) is 0 Å². The molecule has 110 heavy (non-hydrogen) atoms. The van der Waals surface area contributed by atoms with Crippen molar-refractivity contribution >= 4 is 164 Å². The van der Waals surface area contributed by atoms with Crippen LogP contribution < -0.4 is 0 Å². The van der Waals surface area contributed by atoms with E-state index in [9.17, 15) is 126 Å². The lowest BCUT2D eigenvalue weighted by molar-refractivity contribution is -0.175. The van der Waals surface area contributed by atoms with Crippen LogP contribution in [0.4, 0.5) is 0 Å². The first-order chi connectivity index (χ1) is 50.8. The standard InChI is InChI=1S/C13H9NO5S.C10H11NO5S.C9H13NO5S.C9H11NO5S.C9H7NO5S.C6H9NO5S.C5H7NO5S/c1-20(17,18)19-14-12(15)9-6-2-4-8-5-3-7-10(11(8)9)13(14)16;1-17(14,15)16-11-9(12)7-5-2-3-6(4-5)8(7)10(11)13;3*1-16(13,14)15-10-8(11)6-4-2-3-5-7(6)9(10)12;1-13(10,11)12-7-5(8)3-2-4-6(7)9;1-12(9,10)11-6-4(7)2-3-5(6)8/h2-7H,1H3;2-3,5-8H,4H2,1H3;6-7H,2-5H2,1H3;2-3,6-7H,4-5H2,1H3;2-5H,1H3;2-4H2,1H3;2-3H2,1H3. The molecule has 3 aromatic rings. The maximum atomic E-state index is 12.2. The Kier molecular flexibility index (Phi) is 26.2. The van der Waals surface area contributed by atoms with Gasteiger partial charge in [-0.25, -0.2) is 0 Å². The quantitative estimate of drug-likeness (QED) is 0.145. The Labute approximate surface area is 627 Å². The second-order valence-electron chi connectivity index (χ2n) is 25.6. The predicted molar refractivity (Wildman–Crippen MR) is 364 cm³/mol. The summed E-state index contributed by atoms with van der Waals surface area (Å²) in [6, 6.07) is 15.9. The molecule has 7 fully saturated rings. The number of hydrogen-bond acceptors (Lipinski definition) is 35. The number of rotatable bonds is 14. The van der Waals surface area contributed by atoms with Gasteiger partial charge in [-0.15, -0.1) is 65.4 Å². The average Bonchev–Trinajstić information content (AvgIpc) is 1.50.